The standard InChI is InChI=1S/C12H16N2S2/c1-12(2,3)13-7-11-14-9(8-16-11)10-5-4-6-15-10/h4-6,8,13H,7H2,1-3H3. The van der Waals surface area contributed by atoms with Crippen LogP contribution in [0.25, 0.3) is 10.6 Å². The Morgan fingerprint density at radius 3 is 2.75 bits per heavy atom. The monoisotopic (exact) mass is 252 g/mol. The number of thiophene rings is 1. The van der Waals surface area contributed by atoms with Crippen LogP contribution in [0.5, 0.6) is 0 Å². The second-order valence-corrected chi connectivity index (χ2v) is 6.60. The number of hydrogen-bond donors (Lipinski definition) is 1. The quantitative estimate of drug-likeness (QED) is 0.899. The fourth-order valence-corrected chi connectivity index (χ4v) is 2.77. The van der Waals surface area contributed by atoms with Crippen molar-refractivity contribution >= 4 is 22.7 Å². The Hall–Kier alpha value is -0.710. The van der Waals surface area contributed by atoms with Crippen molar-refractivity contribution in [3.8, 4) is 10.6 Å². The van der Waals surface area contributed by atoms with E-state index in [9.17, 15) is 0 Å². The number of hydrogen-bond acceptors (Lipinski definition) is 4. The van der Waals surface area contributed by atoms with E-state index in [1.807, 2.05) is 0 Å². The molecule has 0 aliphatic rings. The van der Waals surface area contributed by atoms with E-state index >= 15 is 0 Å². The summed E-state index contributed by atoms with van der Waals surface area (Å²) < 4.78 is 0. The number of nitrogens with zero attached hydrogens (tertiary/aromatic N) is 1. The fraction of sp³-hybridized carbons (Fsp3) is 0.417. The first-order valence-corrected chi connectivity index (χ1v) is 7.04. The summed E-state index contributed by atoms with van der Waals surface area (Å²) in [6.07, 6.45) is 0. The smallest absolute Gasteiger partial charge is 0.107 e. The third-order valence-electron chi connectivity index (χ3n) is 2.10. The lowest BCUT2D eigenvalue weighted by Gasteiger charge is -2.19. The summed E-state index contributed by atoms with van der Waals surface area (Å²) in [5.74, 6) is 0. The summed E-state index contributed by atoms with van der Waals surface area (Å²) in [6.45, 7) is 7.35. The van der Waals surface area contributed by atoms with E-state index in [4.69, 9.17) is 0 Å². The van der Waals surface area contributed by atoms with Crippen LogP contribution in [0.3, 0.4) is 0 Å². The normalized spacial score (nSPS) is 11.9. The van der Waals surface area contributed by atoms with Gasteiger partial charge in [0.1, 0.15) is 5.01 Å². The van der Waals surface area contributed by atoms with Gasteiger partial charge in [-0.15, -0.1) is 22.7 Å². The van der Waals surface area contributed by atoms with E-state index in [1.54, 1.807) is 22.7 Å². The van der Waals surface area contributed by atoms with Crippen molar-refractivity contribution < 1.29 is 0 Å². The maximum absolute atomic E-state index is 4.62. The Balaban J connectivity index is 2.03. The summed E-state index contributed by atoms with van der Waals surface area (Å²) in [5, 5.41) is 8.81. The molecule has 2 rings (SSSR count). The van der Waals surface area contributed by atoms with E-state index in [2.05, 4.69) is 54.0 Å². The molecule has 4 heteroatoms. The van der Waals surface area contributed by atoms with Crippen LogP contribution in [0.2, 0.25) is 0 Å². The third kappa shape index (κ3) is 3.14. The minimum Gasteiger partial charge on any atom is -0.306 e. The topological polar surface area (TPSA) is 24.9 Å². The summed E-state index contributed by atoms with van der Waals surface area (Å²) in [5.41, 5.74) is 1.25. The maximum Gasteiger partial charge on any atom is 0.107 e. The number of thiazole rings is 1. The maximum atomic E-state index is 4.62. The second-order valence-electron chi connectivity index (χ2n) is 4.71. The average molecular weight is 252 g/mol. The zero-order valence-electron chi connectivity index (χ0n) is 9.78. The van der Waals surface area contributed by atoms with Crippen LogP contribution in [0.15, 0.2) is 22.9 Å². The van der Waals surface area contributed by atoms with Gasteiger partial charge in [-0.05, 0) is 32.2 Å². The highest BCUT2D eigenvalue weighted by Gasteiger charge is 2.10. The predicted octanol–water partition coefficient (Wildman–Crippen LogP) is 3.76. The minimum absolute atomic E-state index is 0.148. The van der Waals surface area contributed by atoms with Crippen LogP contribution in [0.4, 0.5) is 0 Å². The fourth-order valence-electron chi connectivity index (χ4n) is 1.27. The molecule has 0 radical (unpaired) electrons. The second kappa shape index (κ2) is 4.65. The van der Waals surface area contributed by atoms with Gasteiger partial charge in [-0.2, -0.15) is 0 Å². The van der Waals surface area contributed by atoms with E-state index in [0.29, 0.717) is 0 Å². The first-order chi connectivity index (χ1) is 7.54. The van der Waals surface area contributed by atoms with Crippen LogP contribution >= 0.6 is 22.7 Å². The molecule has 0 amide bonds. The van der Waals surface area contributed by atoms with Crippen molar-refractivity contribution in [2.24, 2.45) is 0 Å². The molecule has 1 N–H and O–H groups in total. The highest BCUT2D eigenvalue weighted by molar-refractivity contribution is 7.14. The van der Waals surface area contributed by atoms with Crippen molar-refractivity contribution in [3.05, 3.63) is 27.9 Å². The van der Waals surface area contributed by atoms with Gasteiger partial charge in [-0.3, -0.25) is 0 Å². The Morgan fingerprint density at radius 1 is 1.31 bits per heavy atom. The molecule has 0 saturated carbocycles. The third-order valence-corrected chi connectivity index (χ3v) is 3.84. The van der Waals surface area contributed by atoms with Gasteiger partial charge in [-0.1, -0.05) is 6.07 Å². The van der Waals surface area contributed by atoms with Gasteiger partial charge in [0.05, 0.1) is 10.6 Å². The lowest BCUT2D eigenvalue weighted by atomic mass is 10.1. The molecular formula is C12H16N2S2. The number of nitrogens with one attached hydrogen (secondary N) is 1. The van der Waals surface area contributed by atoms with Crippen LogP contribution in [-0.4, -0.2) is 10.5 Å². The molecule has 2 heterocycles. The largest absolute Gasteiger partial charge is 0.306 e. The zero-order chi connectivity index (χ0) is 11.6. The predicted molar refractivity (Wildman–Crippen MR) is 72.0 cm³/mol. The number of rotatable bonds is 3. The lowest BCUT2D eigenvalue weighted by Crippen LogP contribution is -2.34. The minimum atomic E-state index is 0.148. The van der Waals surface area contributed by atoms with Gasteiger partial charge in [-0.25, -0.2) is 4.98 Å². The van der Waals surface area contributed by atoms with Crippen molar-refractivity contribution in [1.29, 1.82) is 0 Å². The van der Waals surface area contributed by atoms with Crippen molar-refractivity contribution in [3.63, 3.8) is 0 Å². The molecule has 0 aliphatic heterocycles. The van der Waals surface area contributed by atoms with Gasteiger partial charge in [0.15, 0.2) is 0 Å². The average Bonchev–Trinajstić information content (AvgIpc) is 2.84. The highest BCUT2D eigenvalue weighted by atomic mass is 32.1. The SMILES string of the molecule is CC(C)(C)NCc1nc(-c2cccs2)cs1. The van der Waals surface area contributed by atoms with E-state index in [0.717, 1.165) is 17.2 Å². The molecule has 2 nitrogen and oxygen atoms in total. The molecule has 0 bridgehead atoms. The van der Waals surface area contributed by atoms with E-state index in [-0.39, 0.29) is 5.54 Å². The van der Waals surface area contributed by atoms with Gasteiger partial charge in [0.2, 0.25) is 0 Å². The Labute approximate surface area is 104 Å². The summed E-state index contributed by atoms with van der Waals surface area (Å²) in [6, 6.07) is 4.17. The molecule has 0 aromatic carbocycles. The van der Waals surface area contributed by atoms with Crippen LogP contribution in [-0.2, 0) is 6.54 Å². The highest BCUT2D eigenvalue weighted by Crippen LogP contribution is 2.26. The first kappa shape index (κ1) is 11.8. The molecule has 2 aromatic heterocycles. The van der Waals surface area contributed by atoms with Crippen LogP contribution in [0.1, 0.15) is 25.8 Å². The Morgan fingerprint density at radius 2 is 2.12 bits per heavy atom. The summed E-state index contributed by atoms with van der Waals surface area (Å²) in [4.78, 5) is 5.87. The molecule has 0 fully saturated rings. The van der Waals surface area contributed by atoms with Gasteiger partial charge in [0, 0.05) is 17.5 Å². The van der Waals surface area contributed by atoms with Gasteiger partial charge >= 0.3 is 0 Å². The van der Waals surface area contributed by atoms with E-state index in [1.165, 1.54) is 4.88 Å². The molecule has 0 saturated heterocycles. The van der Waals surface area contributed by atoms with E-state index < -0.39 is 0 Å². The number of aromatic nitrogens is 1. The lowest BCUT2D eigenvalue weighted by molar-refractivity contribution is 0.424. The van der Waals surface area contributed by atoms with Crippen molar-refractivity contribution in [1.82, 2.24) is 10.3 Å². The first-order valence-electron chi connectivity index (χ1n) is 5.28. The molecule has 0 atom stereocenters. The van der Waals surface area contributed by atoms with Crippen molar-refractivity contribution in [2.45, 2.75) is 32.9 Å². The molecular weight excluding hydrogens is 236 g/mol. The summed E-state index contributed by atoms with van der Waals surface area (Å²) >= 11 is 3.46. The molecule has 16 heavy (non-hydrogen) atoms. The van der Waals surface area contributed by atoms with Crippen molar-refractivity contribution in [2.75, 3.05) is 0 Å². The Bertz CT molecular complexity index is 438. The van der Waals surface area contributed by atoms with Gasteiger partial charge in [0.25, 0.3) is 0 Å². The zero-order valence-corrected chi connectivity index (χ0v) is 11.4. The Kier molecular flexibility index (Phi) is 3.42. The molecule has 0 spiro atoms. The molecule has 86 valence electrons. The summed E-state index contributed by atoms with van der Waals surface area (Å²) in [7, 11) is 0. The molecule has 0 aliphatic carbocycles. The molecule has 2 aromatic rings. The van der Waals surface area contributed by atoms with Crippen LogP contribution < -0.4 is 5.32 Å². The molecule has 0 unspecified atom stereocenters. The van der Waals surface area contributed by atoms with Gasteiger partial charge < -0.3 is 5.32 Å². The van der Waals surface area contributed by atoms with Crippen LogP contribution in [0, 0.1) is 0 Å².